The van der Waals surface area contributed by atoms with Crippen LogP contribution in [0.25, 0.3) is 11.3 Å². The maximum absolute atomic E-state index is 13.3. The molecule has 0 atom stereocenters. The van der Waals surface area contributed by atoms with Crippen LogP contribution in [0.1, 0.15) is 35.7 Å². The number of nitrogens with zero attached hydrogens (tertiary/aromatic N) is 3. The molecule has 11 heteroatoms. The summed E-state index contributed by atoms with van der Waals surface area (Å²) in [5.41, 5.74) is 3.43. The molecule has 0 radical (unpaired) electrons. The van der Waals surface area contributed by atoms with E-state index in [-0.39, 0.29) is 24.8 Å². The van der Waals surface area contributed by atoms with Gasteiger partial charge in [0.2, 0.25) is 0 Å². The topological polar surface area (TPSA) is 111 Å². The number of alkyl halides is 2. The SMILES string of the molecule is CCNc1nc(-c2ccc(NC(=O)NCc3cccnc3)cc2)ccc1C(=O)NCCN1CCC(F)(F)CC1. The third kappa shape index (κ3) is 8.18. The van der Waals surface area contributed by atoms with E-state index in [1.54, 1.807) is 36.7 Å². The minimum Gasteiger partial charge on any atom is -0.370 e. The van der Waals surface area contributed by atoms with E-state index in [0.717, 1.165) is 11.1 Å². The number of nitrogens with one attached hydrogen (secondary N) is 4. The van der Waals surface area contributed by atoms with Crippen LogP contribution in [0.2, 0.25) is 0 Å². The van der Waals surface area contributed by atoms with Gasteiger partial charge in [-0.15, -0.1) is 0 Å². The largest absolute Gasteiger partial charge is 0.370 e. The summed E-state index contributed by atoms with van der Waals surface area (Å²) >= 11 is 0. The van der Waals surface area contributed by atoms with E-state index < -0.39 is 5.92 Å². The normalized spacial score (nSPS) is 14.8. The summed E-state index contributed by atoms with van der Waals surface area (Å²) in [5.74, 6) is -2.40. The second kappa shape index (κ2) is 13.1. The number of hydrogen-bond donors (Lipinski definition) is 4. The molecule has 9 nitrogen and oxygen atoms in total. The van der Waals surface area contributed by atoms with E-state index in [1.807, 2.05) is 36.1 Å². The average molecular weight is 538 g/mol. The number of rotatable bonds is 10. The molecular weight excluding hydrogens is 504 g/mol. The Kier molecular flexibility index (Phi) is 9.37. The van der Waals surface area contributed by atoms with E-state index >= 15 is 0 Å². The van der Waals surface area contributed by atoms with E-state index in [9.17, 15) is 18.4 Å². The van der Waals surface area contributed by atoms with Crippen molar-refractivity contribution in [1.82, 2.24) is 25.5 Å². The van der Waals surface area contributed by atoms with Crippen molar-refractivity contribution in [1.29, 1.82) is 0 Å². The summed E-state index contributed by atoms with van der Waals surface area (Å²) in [5, 5.41) is 11.6. The van der Waals surface area contributed by atoms with Gasteiger partial charge in [0.1, 0.15) is 5.82 Å². The Morgan fingerprint density at radius 2 is 1.79 bits per heavy atom. The molecule has 206 valence electrons. The number of piperidine rings is 1. The van der Waals surface area contributed by atoms with Crippen LogP contribution in [0.5, 0.6) is 0 Å². The van der Waals surface area contributed by atoms with Crippen LogP contribution < -0.4 is 21.3 Å². The molecule has 1 saturated heterocycles. The lowest BCUT2D eigenvalue weighted by atomic mass is 10.1. The van der Waals surface area contributed by atoms with Gasteiger partial charge < -0.3 is 26.2 Å². The van der Waals surface area contributed by atoms with Crippen LogP contribution in [0.3, 0.4) is 0 Å². The second-order valence-electron chi connectivity index (χ2n) is 9.32. The maximum atomic E-state index is 13.3. The average Bonchev–Trinajstić information content (AvgIpc) is 2.94. The molecule has 2 aromatic heterocycles. The molecular formula is C28H33F2N7O2. The fourth-order valence-electron chi connectivity index (χ4n) is 4.22. The molecule has 0 bridgehead atoms. The highest BCUT2D eigenvalue weighted by Gasteiger charge is 2.33. The van der Waals surface area contributed by atoms with Gasteiger partial charge in [0.25, 0.3) is 11.8 Å². The lowest BCUT2D eigenvalue weighted by Crippen LogP contribution is -2.43. The number of carbonyl (C=O) groups is 2. The van der Waals surface area contributed by atoms with Crippen molar-refractivity contribution in [3.63, 3.8) is 0 Å². The molecule has 0 aliphatic carbocycles. The number of benzene rings is 1. The van der Waals surface area contributed by atoms with Crippen molar-refractivity contribution in [2.75, 3.05) is 43.4 Å². The van der Waals surface area contributed by atoms with Gasteiger partial charge >= 0.3 is 6.03 Å². The van der Waals surface area contributed by atoms with Gasteiger partial charge in [0.15, 0.2) is 0 Å². The van der Waals surface area contributed by atoms with Gasteiger partial charge in [-0.2, -0.15) is 0 Å². The third-order valence-corrected chi connectivity index (χ3v) is 6.40. The lowest BCUT2D eigenvalue weighted by molar-refractivity contribution is -0.0547. The first-order valence-electron chi connectivity index (χ1n) is 13.0. The summed E-state index contributed by atoms with van der Waals surface area (Å²) in [6.45, 7) is 4.40. The number of amides is 3. The zero-order chi connectivity index (χ0) is 27.7. The molecule has 1 aliphatic heterocycles. The van der Waals surface area contributed by atoms with Crippen LogP contribution in [0, 0.1) is 0 Å². The number of aromatic nitrogens is 2. The van der Waals surface area contributed by atoms with Crippen LogP contribution in [-0.4, -0.2) is 65.5 Å². The lowest BCUT2D eigenvalue weighted by Gasteiger charge is -2.31. The number of likely N-dealkylation sites (tertiary alicyclic amines) is 1. The van der Waals surface area contributed by atoms with Crippen molar-refractivity contribution < 1.29 is 18.4 Å². The maximum Gasteiger partial charge on any atom is 0.319 e. The number of halogens is 2. The molecule has 1 aromatic carbocycles. The molecule has 3 aromatic rings. The Bertz CT molecular complexity index is 1250. The van der Waals surface area contributed by atoms with Gasteiger partial charge in [0, 0.05) is 75.8 Å². The Hall–Kier alpha value is -4.12. The number of urea groups is 1. The summed E-state index contributed by atoms with van der Waals surface area (Å²) in [6, 6.07) is 14.1. The predicted molar refractivity (Wildman–Crippen MR) is 147 cm³/mol. The molecule has 0 spiro atoms. The van der Waals surface area contributed by atoms with Crippen LogP contribution >= 0.6 is 0 Å². The Morgan fingerprint density at radius 1 is 1.03 bits per heavy atom. The molecule has 3 heterocycles. The molecule has 1 fully saturated rings. The monoisotopic (exact) mass is 537 g/mol. The number of anilines is 2. The zero-order valence-electron chi connectivity index (χ0n) is 21.8. The fourth-order valence-corrected chi connectivity index (χ4v) is 4.22. The Balaban J connectivity index is 1.32. The first-order chi connectivity index (χ1) is 18.8. The van der Waals surface area contributed by atoms with E-state index in [0.29, 0.717) is 62.0 Å². The van der Waals surface area contributed by atoms with Crippen LogP contribution in [0.15, 0.2) is 60.9 Å². The Morgan fingerprint density at radius 3 is 2.49 bits per heavy atom. The zero-order valence-corrected chi connectivity index (χ0v) is 21.8. The quantitative estimate of drug-likeness (QED) is 0.306. The molecule has 4 N–H and O–H groups in total. The highest BCUT2D eigenvalue weighted by Crippen LogP contribution is 2.27. The standard InChI is InChI=1S/C28H33F2N7O2/c1-2-32-25-23(26(38)33-14-17-37-15-11-28(29,30)12-16-37)9-10-24(36-25)21-5-7-22(8-6-21)35-27(39)34-19-20-4-3-13-31-18-20/h3-10,13,18H,2,11-12,14-17,19H2,1H3,(H,32,36)(H,33,38)(H2,34,35,39). The van der Waals surface area contributed by atoms with Crippen molar-refractivity contribution >= 4 is 23.4 Å². The van der Waals surface area contributed by atoms with Gasteiger partial charge in [-0.1, -0.05) is 18.2 Å². The van der Waals surface area contributed by atoms with Crippen molar-refractivity contribution in [2.24, 2.45) is 0 Å². The first kappa shape index (κ1) is 27.9. The molecule has 39 heavy (non-hydrogen) atoms. The highest BCUT2D eigenvalue weighted by atomic mass is 19.3. The van der Waals surface area contributed by atoms with E-state index in [4.69, 9.17) is 0 Å². The Labute approximate surface area is 226 Å². The van der Waals surface area contributed by atoms with Crippen molar-refractivity contribution in [3.05, 3.63) is 72.1 Å². The molecule has 0 unspecified atom stereocenters. The van der Waals surface area contributed by atoms with E-state index in [2.05, 4.69) is 31.2 Å². The molecule has 4 rings (SSSR count). The number of pyridine rings is 2. The van der Waals surface area contributed by atoms with Crippen molar-refractivity contribution in [3.8, 4) is 11.3 Å². The summed E-state index contributed by atoms with van der Waals surface area (Å²) < 4.78 is 26.7. The minimum absolute atomic E-state index is 0.146. The smallest absolute Gasteiger partial charge is 0.319 e. The van der Waals surface area contributed by atoms with Gasteiger partial charge in [-0.05, 0) is 42.8 Å². The van der Waals surface area contributed by atoms with Gasteiger partial charge in [0.05, 0.1) is 11.3 Å². The number of carbonyl (C=O) groups excluding carboxylic acids is 2. The summed E-state index contributed by atoms with van der Waals surface area (Å²) in [6.07, 6.45) is 3.08. The number of hydrogen-bond acceptors (Lipinski definition) is 6. The first-order valence-corrected chi connectivity index (χ1v) is 13.0. The predicted octanol–water partition coefficient (Wildman–Crippen LogP) is 4.36. The van der Waals surface area contributed by atoms with Gasteiger partial charge in [-0.25, -0.2) is 18.6 Å². The minimum atomic E-state index is -2.58. The third-order valence-electron chi connectivity index (χ3n) is 6.40. The van der Waals surface area contributed by atoms with E-state index in [1.165, 1.54) is 0 Å². The van der Waals surface area contributed by atoms with Crippen molar-refractivity contribution in [2.45, 2.75) is 32.2 Å². The molecule has 0 saturated carbocycles. The summed E-state index contributed by atoms with van der Waals surface area (Å²) in [7, 11) is 0. The van der Waals surface area contributed by atoms with Crippen LogP contribution in [0.4, 0.5) is 25.1 Å². The van der Waals surface area contributed by atoms with Gasteiger partial charge in [-0.3, -0.25) is 9.78 Å². The molecule has 1 aliphatic rings. The van der Waals surface area contributed by atoms with Crippen LogP contribution in [-0.2, 0) is 6.54 Å². The highest BCUT2D eigenvalue weighted by molar-refractivity contribution is 5.99. The molecule has 3 amide bonds. The fraction of sp³-hybridized carbons (Fsp3) is 0.357. The summed E-state index contributed by atoms with van der Waals surface area (Å²) in [4.78, 5) is 35.7. The second-order valence-corrected chi connectivity index (χ2v) is 9.32.